The molecular formula is C11H17N5O2S. The van der Waals surface area contributed by atoms with Crippen LogP contribution in [-0.2, 0) is 10.0 Å². The van der Waals surface area contributed by atoms with Gasteiger partial charge in [0.1, 0.15) is 4.90 Å². The van der Waals surface area contributed by atoms with Gasteiger partial charge in [0, 0.05) is 12.6 Å². The van der Waals surface area contributed by atoms with Gasteiger partial charge in [0.15, 0.2) is 0 Å². The summed E-state index contributed by atoms with van der Waals surface area (Å²) in [6.07, 6.45) is 6.78. The molecule has 0 aromatic carbocycles. The third-order valence-corrected chi connectivity index (χ3v) is 5.32. The van der Waals surface area contributed by atoms with Crippen molar-refractivity contribution in [2.24, 2.45) is 11.8 Å². The van der Waals surface area contributed by atoms with Crippen LogP contribution in [-0.4, -0.2) is 35.3 Å². The zero-order valence-corrected chi connectivity index (χ0v) is 11.3. The summed E-state index contributed by atoms with van der Waals surface area (Å²) < 4.78 is 26.8. The van der Waals surface area contributed by atoms with Crippen LogP contribution in [0.3, 0.4) is 0 Å². The van der Waals surface area contributed by atoms with Crippen LogP contribution >= 0.6 is 0 Å². The lowest BCUT2D eigenvalue weighted by Crippen LogP contribution is -2.35. The van der Waals surface area contributed by atoms with Crippen molar-refractivity contribution in [3.8, 4) is 0 Å². The van der Waals surface area contributed by atoms with E-state index in [0.29, 0.717) is 12.5 Å². The van der Waals surface area contributed by atoms with Gasteiger partial charge in [-0.15, -0.1) is 0 Å². The van der Waals surface area contributed by atoms with Crippen LogP contribution in [0.2, 0.25) is 0 Å². The summed E-state index contributed by atoms with van der Waals surface area (Å²) in [5, 5.41) is 0. The molecular weight excluding hydrogens is 266 g/mol. The molecule has 2 saturated carbocycles. The second-order valence-electron chi connectivity index (χ2n) is 5.14. The van der Waals surface area contributed by atoms with Crippen molar-refractivity contribution in [2.75, 3.05) is 12.0 Å². The quantitative estimate of drug-likeness (QED) is 0.576. The van der Waals surface area contributed by atoms with Gasteiger partial charge in [0.05, 0.1) is 12.4 Å². The van der Waals surface area contributed by atoms with E-state index < -0.39 is 10.0 Å². The average Bonchev–Trinajstić information content (AvgIpc) is 3.28. The minimum absolute atomic E-state index is 0.138. The first-order valence-corrected chi connectivity index (χ1v) is 7.86. The molecule has 104 valence electrons. The number of anilines is 1. The first-order chi connectivity index (χ1) is 9.11. The number of nitrogens with one attached hydrogen (secondary N) is 1. The van der Waals surface area contributed by atoms with E-state index in [0.717, 1.165) is 25.7 Å². The zero-order valence-electron chi connectivity index (χ0n) is 10.5. The molecule has 0 saturated heterocycles. The molecule has 0 atom stereocenters. The smallest absolute Gasteiger partial charge is 0.246 e. The predicted molar refractivity (Wildman–Crippen MR) is 69.5 cm³/mol. The third kappa shape index (κ3) is 2.70. The highest BCUT2D eigenvalue weighted by Crippen LogP contribution is 2.37. The number of rotatable bonds is 6. The van der Waals surface area contributed by atoms with E-state index in [2.05, 4.69) is 15.4 Å². The van der Waals surface area contributed by atoms with E-state index in [-0.39, 0.29) is 16.9 Å². The van der Waals surface area contributed by atoms with Crippen LogP contribution in [0, 0.1) is 5.92 Å². The standard InChI is InChI=1S/C11H17N5O2S/c12-15-11-13-5-10(6-14-11)19(17,18)16(9-3-4-9)7-8-1-2-8/h5-6,8-9H,1-4,7,12H2,(H,13,14,15). The Balaban J connectivity index is 1.85. The lowest BCUT2D eigenvalue weighted by atomic mass is 10.4. The second kappa shape index (κ2) is 4.69. The maximum atomic E-state index is 12.6. The van der Waals surface area contributed by atoms with Gasteiger partial charge >= 0.3 is 0 Å². The molecule has 3 rings (SSSR count). The number of nitrogens with zero attached hydrogens (tertiary/aromatic N) is 3. The lowest BCUT2D eigenvalue weighted by Gasteiger charge is -2.21. The fraction of sp³-hybridized carbons (Fsp3) is 0.636. The molecule has 2 fully saturated rings. The van der Waals surface area contributed by atoms with E-state index >= 15 is 0 Å². The number of nitrogen functional groups attached to an aromatic ring is 1. The van der Waals surface area contributed by atoms with Crippen LogP contribution in [0.1, 0.15) is 25.7 Å². The van der Waals surface area contributed by atoms with Gasteiger partial charge in [-0.2, -0.15) is 4.31 Å². The maximum absolute atomic E-state index is 12.6. The van der Waals surface area contributed by atoms with Crippen molar-refractivity contribution in [3.63, 3.8) is 0 Å². The molecule has 2 aliphatic rings. The molecule has 3 N–H and O–H groups in total. The zero-order chi connectivity index (χ0) is 13.5. The number of hydrogen-bond acceptors (Lipinski definition) is 6. The number of sulfonamides is 1. The summed E-state index contributed by atoms with van der Waals surface area (Å²) in [5.74, 6) is 5.90. The molecule has 0 aliphatic heterocycles. The Morgan fingerprint density at radius 2 is 1.89 bits per heavy atom. The first-order valence-electron chi connectivity index (χ1n) is 6.42. The summed E-state index contributed by atoms with van der Waals surface area (Å²) in [7, 11) is -3.48. The summed E-state index contributed by atoms with van der Waals surface area (Å²) >= 11 is 0. The maximum Gasteiger partial charge on any atom is 0.246 e. The minimum atomic E-state index is -3.48. The second-order valence-corrected chi connectivity index (χ2v) is 7.03. The van der Waals surface area contributed by atoms with Gasteiger partial charge in [0.2, 0.25) is 16.0 Å². The Bertz CT molecular complexity index is 551. The van der Waals surface area contributed by atoms with Gasteiger partial charge in [-0.25, -0.2) is 24.2 Å². The third-order valence-electron chi connectivity index (χ3n) is 3.45. The van der Waals surface area contributed by atoms with Crippen LogP contribution in [0.15, 0.2) is 17.3 Å². The van der Waals surface area contributed by atoms with Gasteiger partial charge in [-0.3, -0.25) is 5.43 Å². The molecule has 0 amide bonds. The van der Waals surface area contributed by atoms with E-state index in [4.69, 9.17) is 5.84 Å². The van der Waals surface area contributed by atoms with E-state index in [1.165, 1.54) is 12.4 Å². The summed E-state index contributed by atoms with van der Waals surface area (Å²) in [4.78, 5) is 7.87. The Morgan fingerprint density at radius 3 is 2.37 bits per heavy atom. The van der Waals surface area contributed by atoms with Crippen LogP contribution in [0.4, 0.5) is 5.95 Å². The van der Waals surface area contributed by atoms with E-state index in [1.807, 2.05) is 0 Å². The Kier molecular flexibility index (Phi) is 3.15. The number of aromatic nitrogens is 2. The monoisotopic (exact) mass is 283 g/mol. The highest BCUT2D eigenvalue weighted by atomic mass is 32.2. The van der Waals surface area contributed by atoms with Crippen LogP contribution in [0.25, 0.3) is 0 Å². The van der Waals surface area contributed by atoms with Crippen LogP contribution < -0.4 is 11.3 Å². The molecule has 7 nitrogen and oxygen atoms in total. The van der Waals surface area contributed by atoms with Gasteiger partial charge in [0.25, 0.3) is 0 Å². The van der Waals surface area contributed by atoms with Gasteiger partial charge in [-0.1, -0.05) is 0 Å². The summed E-state index contributed by atoms with van der Waals surface area (Å²) in [6, 6.07) is 0.165. The summed E-state index contributed by atoms with van der Waals surface area (Å²) in [5.41, 5.74) is 2.28. The van der Waals surface area contributed by atoms with Gasteiger partial charge < -0.3 is 0 Å². The Labute approximate surface area is 112 Å². The van der Waals surface area contributed by atoms with Crippen molar-refractivity contribution >= 4 is 16.0 Å². The molecule has 0 unspecified atom stereocenters. The van der Waals surface area contributed by atoms with Crippen molar-refractivity contribution < 1.29 is 8.42 Å². The van der Waals surface area contributed by atoms with Crippen molar-refractivity contribution in [2.45, 2.75) is 36.6 Å². The first kappa shape index (κ1) is 12.8. The summed E-state index contributed by atoms with van der Waals surface area (Å²) in [6.45, 7) is 0.629. The van der Waals surface area contributed by atoms with Crippen molar-refractivity contribution in [1.29, 1.82) is 0 Å². The molecule has 8 heteroatoms. The minimum Gasteiger partial charge on any atom is -0.292 e. The highest BCUT2D eigenvalue weighted by Gasteiger charge is 2.41. The lowest BCUT2D eigenvalue weighted by molar-refractivity contribution is 0.388. The van der Waals surface area contributed by atoms with Crippen LogP contribution in [0.5, 0.6) is 0 Å². The largest absolute Gasteiger partial charge is 0.292 e. The van der Waals surface area contributed by atoms with E-state index in [9.17, 15) is 8.42 Å². The predicted octanol–water partition coefficient (Wildman–Crippen LogP) is 0.325. The molecule has 1 aromatic rings. The fourth-order valence-corrected chi connectivity index (χ4v) is 3.67. The van der Waals surface area contributed by atoms with Crippen molar-refractivity contribution in [1.82, 2.24) is 14.3 Å². The molecule has 19 heavy (non-hydrogen) atoms. The highest BCUT2D eigenvalue weighted by molar-refractivity contribution is 7.89. The SMILES string of the molecule is NNc1ncc(S(=O)(=O)N(CC2CC2)C2CC2)cn1. The number of hydrogen-bond donors (Lipinski definition) is 2. The average molecular weight is 283 g/mol. The Morgan fingerprint density at radius 1 is 1.26 bits per heavy atom. The molecule has 0 bridgehead atoms. The molecule has 0 spiro atoms. The Hall–Kier alpha value is -1.25. The molecule has 0 radical (unpaired) electrons. The normalized spacial score (nSPS) is 19.7. The van der Waals surface area contributed by atoms with Crippen molar-refractivity contribution in [3.05, 3.63) is 12.4 Å². The molecule has 2 aliphatic carbocycles. The fourth-order valence-electron chi connectivity index (χ4n) is 2.02. The molecule has 1 heterocycles. The topological polar surface area (TPSA) is 101 Å². The van der Waals surface area contributed by atoms with E-state index in [1.54, 1.807) is 4.31 Å². The number of nitrogens with two attached hydrogens (primary N) is 1. The molecule has 1 aromatic heterocycles. The number of hydrazine groups is 1. The van der Waals surface area contributed by atoms with Gasteiger partial charge in [-0.05, 0) is 31.6 Å².